The first-order valence-corrected chi connectivity index (χ1v) is 7.50. The highest BCUT2D eigenvalue weighted by molar-refractivity contribution is 5.88. The molecule has 23 heavy (non-hydrogen) atoms. The number of carbonyl (C=O) groups excluding carboxylic acids is 1. The predicted molar refractivity (Wildman–Crippen MR) is 85.1 cm³/mol. The van der Waals surface area contributed by atoms with E-state index in [4.69, 9.17) is 4.74 Å². The number of aromatic nitrogens is 5. The molecule has 2 N–H and O–H groups in total. The Hall–Kier alpha value is -2.42. The predicted octanol–water partition coefficient (Wildman–Crippen LogP) is 1.58. The highest BCUT2D eigenvalue weighted by atomic mass is 16.5. The summed E-state index contributed by atoms with van der Waals surface area (Å²) in [4.78, 5) is 12.2. The van der Waals surface area contributed by atoms with Crippen molar-refractivity contribution >= 4 is 11.8 Å². The number of carbonyl (C=O) groups is 1. The van der Waals surface area contributed by atoms with Gasteiger partial charge in [0.15, 0.2) is 5.82 Å². The largest absolute Gasteiger partial charge is 0.383 e. The Morgan fingerprint density at radius 1 is 1.39 bits per heavy atom. The van der Waals surface area contributed by atoms with Gasteiger partial charge in [0.25, 0.3) is 0 Å². The van der Waals surface area contributed by atoms with Gasteiger partial charge in [-0.1, -0.05) is 0 Å². The van der Waals surface area contributed by atoms with E-state index >= 15 is 0 Å². The van der Waals surface area contributed by atoms with Crippen LogP contribution in [-0.2, 0) is 11.3 Å². The second-order valence-corrected chi connectivity index (χ2v) is 5.45. The SMILES string of the molecule is COCCn1cnnc1C(C)NC(=O)Nc1ccnn1C(C)C. The zero-order valence-electron chi connectivity index (χ0n) is 13.9. The number of hydrogen-bond acceptors (Lipinski definition) is 5. The molecule has 126 valence electrons. The molecule has 0 aliphatic heterocycles. The summed E-state index contributed by atoms with van der Waals surface area (Å²) in [7, 11) is 1.64. The van der Waals surface area contributed by atoms with Gasteiger partial charge in [-0.15, -0.1) is 10.2 Å². The third-order valence-corrected chi connectivity index (χ3v) is 3.32. The Labute approximate surface area is 135 Å². The first-order valence-electron chi connectivity index (χ1n) is 7.50. The molecular weight excluding hydrogens is 298 g/mol. The lowest BCUT2D eigenvalue weighted by Crippen LogP contribution is -2.33. The standard InChI is InChI=1S/C14H23N7O2/c1-10(2)21-12(5-6-16-21)18-14(22)17-11(3)13-19-15-9-20(13)7-8-23-4/h5-6,9-11H,7-8H2,1-4H3,(H2,17,18,22). The maximum Gasteiger partial charge on any atom is 0.320 e. The number of methoxy groups -OCH3 is 1. The van der Waals surface area contributed by atoms with Crippen molar-refractivity contribution < 1.29 is 9.53 Å². The molecular formula is C14H23N7O2. The molecule has 0 aliphatic rings. The van der Waals surface area contributed by atoms with Crippen LogP contribution in [0.1, 0.15) is 38.7 Å². The molecule has 0 radical (unpaired) electrons. The van der Waals surface area contributed by atoms with Crippen molar-refractivity contribution in [1.82, 2.24) is 29.9 Å². The zero-order chi connectivity index (χ0) is 16.8. The molecule has 0 saturated carbocycles. The molecule has 2 rings (SSSR count). The lowest BCUT2D eigenvalue weighted by Gasteiger charge is -2.16. The second-order valence-electron chi connectivity index (χ2n) is 5.45. The molecule has 0 saturated heterocycles. The van der Waals surface area contributed by atoms with Gasteiger partial charge in [0.2, 0.25) is 0 Å². The summed E-state index contributed by atoms with van der Waals surface area (Å²) >= 11 is 0. The Balaban J connectivity index is 1.97. The molecule has 0 bridgehead atoms. The van der Waals surface area contributed by atoms with Crippen molar-refractivity contribution in [3.63, 3.8) is 0 Å². The number of anilines is 1. The van der Waals surface area contributed by atoms with Gasteiger partial charge >= 0.3 is 6.03 Å². The Morgan fingerprint density at radius 3 is 2.87 bits per heavy atom. The number of ether oxygens (including phenoxy) is 1. The summed E-state index contributed by atoms with van der Waals surface area (Å²) in [6, 6.07) is 1.31. The number of nitrogens with zero attached hydrogens (tertiary/aromatic N) is 5. The average Bonchev–Trinajstić information content (AvgIpc) is 3.13. The molecule has 0 aliphatic carbocycles. The zero-order valence-corrected chi connectivity index (χ0v) is 13.9. The summed E-state index contributed by atoms with van der Waals surface area (Å²) in [5, 5.41) is 17.8. The van der Waals surface area contributed by atoms with E-state index in [-0.39, 0.29) is 18.1 Å². The van der Waals surface area contributed by atoms with Crippen LogP contribution in [-0.4, -0.2) is 44.3 Å². The van der Waals surface area contributed by atoms with Crippen LogP contribution in [0.4, 0.5) is 10.6 Å². The second kappa shape index (κ2) is 7.73. The van der Waals surface area contributed by atoms with Crippen molar-refractivity contribution in [3.8, 4) is 0 Å². The molecule has 2 aromatic heterocycles. The van der Waals surface area contributed by atoms with Gasteiger partial charge in [0.1, 0.15) is 12.1 Å². The van der Waals surface area contributed by atoms with Crippen LogP contribution in [0.15, 0.2) is 18.6 Å². The summed E-state index contributed by atoms with van der Waals surface area (Å²) in [5.41, 5.74) is 0. The first kappa shape index (κ1) is 16.9. The van der Waals surface area contributed by atoms with Gasteiger partial charge in [-0.25, -0.2) is 9.48 Å². The van der Waals surface area contributed by atoms with E-state index in [0.717, 1.165) is 0 Å². The van der Waals surface area contributed by atoms with Gasteiger partial charge in [0, 0.05) is 25.8 Å². The van der Waals surface area contributed by atoms with E-state index in [1.165, 1.54) is 0 Å². The van der Waals surface area contributed by atoms with Crippen molar-refractivity contribution in [3.05, 3.63) is 24.4 Å². The van der Waals surface area contributed by atoms with E-state index in [1.54, 1.807) is 30.4 Å². The number of amides is 2. The minimum absolute atomic E-state index is 0.162. The van der Waals surface area contributed by atoms with E-state index in [2.05, 4.69) is 25.9 Å². The quantitative estimate of drug-likeness (QED) is 0.807. The molecule has 0 spiro atoms. The molecule has 0 fully saturated rings. The van der Waals surface area contributed by atoms with Gasteiger partial charge < -0.3 is 14.6 Å². The first-order chi connectivity index (χ1) is 11.0. The molecule has 1 atom stereocenters. The Morgan fingerprint density at radius 2 is 2.17 bits per heavy atom. The summed E-state index contributed by atoms with van der Waals surface area (Å²) < 4.78 is 8.65. The van der Waals surface area contributed by atoms with Crippen LogP contribution in [0.2, 0.25) is 0 Å². The monoisotopic (exact) mass is 321 g/mol. The summed E-state index contributed by atoms with van der Waals surface area (Å²) in [6.45, 7) is 7.03. The van der Waals surface area contributed by atoms with Gasteiger partial charge in [-0.05, 0) is 20.8 Å². The van der Waals surface area contributed by atoms with Crippen molar-refractivity contribution in [1.29, 1.82) is 0 Å². The topological polar surface area (TPSA) is 98.9 Å². The molecule has 0 aromatic carbocycles. The lowest BCUT2D eigenvalue weighted by molar-refractivity contribution is 0.185. The normalized spacial score (nSPS) is 12.4. The number of hydrogen-bond donors (Lipinski definition) is 2. The van der Waals surface area contributed by atoms with Gasteiger partial charge in [0.05, 0.1) is 18.8 Å². The molecule has 1 unspecified atom stereocenters. The molecule has 9 heteroatoms. The summed E-state index contributed by atoms with van der Waals surface area (Å²) in [5.74, 6) is 1.32. The Bertz CT molecular complexity index is 635. The number of rotatable bonds is 7. The number of urea groups is 1. The lowest BCUT2D eigenvalue weighted by atomic mass is 10.3. The average molecular weight is 321 g/mol. The maximum atomic E-state index is 12.2. The third kappa shape index (κ3) is 4.28. The molecule has 2 aromatic rings. The molecule has 2 heterocycles. The number of nitrogens with one attached hydrogen (secondary N) is 2. The smallest absolute Gasteiger partial charge is 0.320 e. The molecule has 9 nitrogen and oxygen atoms in total. The van der Waals surface area contributed by atoms with E-state index in [9.17, 15) is 4.79 Å². The molecule has 2 amide bonds. The van der Waals surface area contributed by atoms with E-state index < -0.39 is 0 Å². The maximum absolute atomic E-state index is 12.2. The van der Waals surface area contributed by atoms with Crippen LogP contribution in [0.3, 0.4) is 0 Å². The van der Waals surface area contributed by atoms with Gasteiger partial charge in [-0.3, -0.25) is 5.32 Å². The van der Waals surface area contributed by atoms with Crippen molar-refractivity contribution in [2.24, 2.45) is 0 Å². The van der Waals surface area contributed by atoms with Gasteiger partial charge in [-0.2, -0.15) is 5.10 Å². The third-order valence-electron chi connectivity index (χ3n) is 3.32. The minimum atomic E-state index is -0.318. The van der Waals surface area contributed by atoms with Crippen LogP contribution in [0.5, 0.6) is 0 Å². The van der Waals surface area contributed by atoms with E-state index in [1.807, 2.05) is 25.3 Å². The van der Waals surface area contributed by atoms with E-state index in [0.29, 0.717) is 24.8 Å². The van der Waals surface area contributed by atoms with Crippen molar-refractivity contribution in [2.75, 3.05) is 19.0 Å². The van der Waals surface area contributed by atoms with Crippen LogP contribution in [0.25, 0.3) is 0 Å². The fourth-order valence-electron chi connectivity index (χ4n) is 2.20. The summed E-state index contributed by atoms with van der Waals surface area (Å²) in [6.07, 6.45) is 3.28. The fourth-order valence-corrected chi connectivity index (χ4v) is 2.20. The van der Waals surface area contributed by atoms with Crippen LogP contribution in [0, 0.1) is 0 Å². The highest BCUT2D eigenvalue weighted by Crippen LogP contribution is 2.14. The Kier molecular flexibility index (Phi) is 5.69. The highest BCUT2D eigenvalue weighted by Gasteiger charge is 2.17. The fraction of sp³-hybridized carbons (Fsp3) is 0.571. The van der Waals surface area contributed by atoms with Crippen molar-refractivity contribution in [2.45, 2.75) is 39.4 Å². The van der Waals surface area contributed by atoms with Crippen LogP contribution >= 0.6 is 0 Å². The van der Waals surface area contributed by atoms with Crippen LogP contribution < -0.4 is 10.6 Å². The minimum Gasteiger partial charge on any atom is -0.383 e.